The molecule has 4 nitrogen and oxygen atoms in total. The highest BCUT2D eigenvalue weighted by molar-refractivity contribution is 6.30. The molecule has 0 atom stereocenters. The summed E-state index contributed by atoms with van der Waals surface area (Å²) < 4.78 is 59.5. The summed E-state index contributed by atoms with van der Waals surface area (Å²) in [4.78, 5) is 13.2. The molecule has 1 saturated carbocycles. The van der Waals surface area contributed by atoms with Crippen molar-refractivity contribution in [1.82, 2.24) is 4.90 Å². The predicted molar refractivity (Wildman–Crippen MR) is 115 cm³/mol. The second-order valence-electron chi connectivity index (χ2n) is 8.79. The molecule has 0 radical (unpaired) electrons. The third-order valence-electron chi connectivity index (χ3n) is 6.28. The van der Waals surface area contributed by atoms with Gasteiger partial charge in [0.1, 0.15) is 11.6 Å². The van der Waals surface area contributed by atoms with Gasteiger partial charge in [0.15, 0.2) is 0 Å². The van der Waals surface area contributed by atoms with Gasteiger partial charge in [0, 0.05) is 12.1 Å². The Morgan fingerprint density at radius 1 is 1.12 bits per heavy atom. The summed E-state index contributed by atoms with van der Waals surface area (Å²) in [6.07, 6.45) is -1.01. The Balaban J connectivity index is 1.33. The highest BCUT2D eigenvalue weighted by atomic mass is 35.5. The Hall–Kier alpha value is -2.32. The number of ether oxygens (including phenoxy) is 1. The van der Waals surface area contributed by atoms with Gasteiger partial charge < -0.3 is 9.84 Å². The van der Waals surface area contributed by atoms with Crippen molar-refractivity contribution in [2.24, 2.45) is 5.92 Å². The van der Waals surface area contributed by atoms with Crippen molar-refractivity contribution in [3.8, 4) is 5.75 Å². The fourth-order valence-corrected chi connectivity index (χ4v) is 4.45. The van der Waals surface area contributed by atoms with E-state index in [0.29, 0.717) is 37.4 Å². The molecule has 0 amide bonds. The molecule has 2 aromatic rings. The predicted octanol–water partition coefficient (Wildman–Crippen LogP) is 6.36. The van der Waals surface area contributed by atoms with E-state index in [9.17, 15) is 27.5 Å². The number of carboxylic acids is 1. The molecular weight excluding hydrogens is 462 g/mol. The van der Waals surface area contributed by atoms with E-state index in [4.69, 9.17) is 16.3 Å². The number of nitrogens with zero attached hydrogens (tertiary/aromatic N) is 1. The number of hydrogen-bond donors (Lipinski definition) is 1. The van der Waals surface area contributed by atoms with Crippen LogP contribution in [-0.4, -0.2) is 35.7 Å². The minimum absolute atomic E-state index is 0.0582. The summed E-state index contributed by atoms with van der Waals surface area (Å²) >= 11 is 5.69. The van der Waals surface area contributed by atoms with Gasteiger partial charge in [-0.25, -0.2) is 9.18 Å². The van der Waals surface area contributed by atoms with E-state index < -0.39 is 28.5 Å². The average molecular weight is 486 g/mol. The molecule has 2 aliphatic rings. The van der Waals surface area contributed by atoms with Crippen LogP contribution in [0.4, 0.5) is 17.6 Å². The van der Waals surface area contributed by atoms with Crippen LogP contribution in [0.1, 0.15) is 58.6 Å². The number of halogens is 5. The van der Waals surface area contributed by atoms with Gasteiger partial charge in [-0.15, -0.1) is 0 Å². The van der Waals surface area contributed by atoms with Gasteiger partial charge in [-0.05, 0) is 86.5 Å². The Labute approximate surface area is 194 Å². The summed E-state index contributed by atoms with van der Waals surface area (Å²) in [5, 5.41) is 8.70. The molecule has 2 aromatic carbocycles. The van der Waals surface area contributed by atoms with Crippen LogP contribution in [0.2, 0.25) is 5.02 Å². The lowest BCUT2D eigenvalue weighted by Crippen LogP contribution is -2.35. The third kappa shape index (κ3) is 5.79. The Morgan fingerprint density at radius 2 is 1.82 bits per heavy atom. The van der Waals surface area contributed by atoms with Crippen LogP contribution in [0.25, 0.3) is 0 Å². The van der Waals surface area contributed by atoms with Crippen molar-refractivity contribution in [3.05, 3.63) is 63.4 Å². The van der Waals surface area contributed by atoms with Crippen molar-refractivity contribution in [2.75, 3.05) is 19.7 Å². The van der Waals surface area contributed by atoms with Crippen molar-refractivity contribution < 1.29 is 32.2 Å². The smallest absolute Gasteiger partial charge is 0.416 e. The molecule has 1 aliphatic heterocycles. The van der Waals surface area contributed by atoms with Crippen molar-refractivity contribution in [1.29, 1.82) is 0 Å². The standard InChI is InChI=1S/C24H24ClF4NO3/c25-20-11-18(24(27,28)29)9-17(22(20)26)12-30-7-5-14(6-8-30)13-33-21-4-3-16(23(31)32)10-19(21)15-1-2-15/h3-4,9-11,14-15H,1-2,5-8,12-13H2,(H,31,32). The van der Waals surface area contributed by atoms with Crippen LogP contribution >= 0.6 is 11.6 Å². The first kappa shape index (κ1) is 23.8. The Kier molecular flexibility index (Phi) is 6.86. The molecule has 0 spiro atoms. The fourth-order valence-electron chi connectivity index (χ4n) is 4.21. The molecule has 0 aromatic heterocycles. The molecule has 1 N–H and O–H groups in total. The maximum atomic E-state index is 14.3. The number of likely N-dealkylation sites (tertiary alicyclic amines) is 1. The van der Waals surface area contributed by atoms with E-state index in [1.54, 1.807) is 18.2 Å². The number of carbonyl (C=O) groups is 1. The average Bonchev–Trinajstić information content (AvgIpc) is 3.60. The zero-order chi connectivity index (χ0) is 23.8. The molecule has 0 unspecified atom stereocenters. The van der Waals surface area contributed by atoms with E-state index in [1.807, 2.05) is 4.90 Å². The first-order valence-electron chi connectivity index (χ1n) is 10.9. The van der Waals surface area contributed by atoms with Crippen LogP contribution in [0.3, 0.4) is 0 Å². The van der Waals surface area contributed by atoms with E-state index in [0.717, 1.165) is 37.3 Å². The monoisotopic (exact) mass is 485 g/mol. The fraction of sp³-hybridized carbons (Fsp3) is 0.458. The second-order valence-corrected chi connectivity index (χ2v) is 9.20. The summed E-state index contributed by atoms with van der Waals surface area (Å²) in [7, 11) is 0. The van der Waals surface area contributed by atoms with E-state index in [-0.39, 0.29) is 23.6 Å². The van der Waals surface area contributed by atoms with E-state index >= 15 is 0 Å². The number of hydrogen-bond acceptors (Lipinski definition) is 3. The minimum Gasteiger partial charge on any atom is -0.493 e. The molecule has 178 valence electrons. The summed E-state index contributed by atoms with van der Waals surface area (Å²) in [6, 6.07) is 6.39. The Morgan fingerprint density at radius 3 is 2.42 bits per heavy atom. The molecular formula is C24H24ClF4NO3. The van der Waals surface area contributed by atoms with Gasteiger partial charge >= 0.3 is 12.1 Å². The van der Waals surface area contributed by atoms with Crippen LogP contribution in [0.15, 0.2) is 30.3 Å². The topological polar surface area (TPSA) is 49.8 Å². The van der Waals surface area contributed by atoms with Gasteiger partial charge in [0.25, 0.3) is 0 Å². The molecule has 4 rings (SSSR count). The van der Waals surface area contributed by atoms with Gasteiger partial charge in [0.05, 0.1) is 22.8 Å². The van der Waals surface area contributed by atoms with Gasteiger partial charge in [-0.3, -0.25) is 4.90 Å². The van der Waals surface area contributed by atoms with Crippen LogP contribution in [-0.2, 0) is 12.7 Å². The van der Waals surface area contributed by atoms with Crippen molar-refractivity contribution in [3.63, 3.8) is 0 Å². The number of carboxylic acid groups (broad SMARTS) is 1. The zero-order valence-electron chi connectivity index (χ0n) is 17.8. The summed E-state index contributed by atoms with van der Waals surface area (Å²) in [5.74, 6) is -0.467. The second kappa shape index (κ2) is 9.50. The molecule has 1 saturated heterocycles. The molecule has 0 bridgehead atoms. The van der Waals surface area contributed by atoms with Crippen LogP contribution in [0, 0.1) is 11.7 Å². The summed E-state index contributed by atoms with van der Waals surface area (Å²) in [5.41, 5.74) is 0.174. The zero-order valence-corrected chi connectivity index (χ0v) is 18.6. The van der Waals surface area contributed by atoms with Crippen LogP contribution < -0.4 is 4.74 Å². The summed E-state index contributed by atoms with van der Waals surface area (Å²) in [6.45, 7) is 1.75. The maximum absolute atomic E-state index is 14.3. The number of rotatable bonds is 7. The minimum atomic E-state index is -4.58. The van der Waals surface area contributed by atoms with Gasteiger partial charge in [-0.2, -0.15) is 13.2 Å². The third-order valence-corrected chi connectivity index (χ3v) is 6.56. The molecule has 1 heterocycles. The number of aromatic carboxylic acids is 1. The normalized spacial score (nSPS) is 17.8. The lowest BCUT2D eigenvalue weighted by Gasteiger charge is -2.32. The highest BCUT2D eigenvalue weighted by Crippen LogP contribution is 2.45. The highest BCUT2D eigenvalue weighted by Gasteiger charge is 2.33. The van der Waals surface area contributed by atoms with E-state index in [1.165, 1.54) is 0 Å². The maximum Gasteiger partial charge on any atom is 0.416 e. The molecule has 9 heteroatoms. The van der Waals surface area contributed by atoms with E-state index in [2.05, 4.69) is 0 Å². The first-order chi connectivity index (χ1) is 15.6. The SMILES string of the molecule is O=C(O)c1ccc(OCC2CCN(Cc3cc(C(F)(F)F)cc(Cl)c3F)CC2)c(C2CC2)c1. The number of alkyl halides is 3. The number of piperidine rings is 1. The van der Waals surface area contributed by atoms with Gasteiger partial charge in [-0.1, -0.05) is 11.6 Å². The molecule has 1 aliphatic carbocycles. The van der Waals surface area contributed by atoms with Gasteiger partial charge in [0.2, 0.25) is 0 Å². The molecule has 2 fully saturated rings. The van der Waals surface area contributed by atoms with Crippen molar-refractivity contribution >= 4 is 17.6 Å². The Bertz CT molecular complexity index is 1030. The lowest BCUT2D eigenvalue weighted by molar-refractivity contribution is -0.137. The largest absolute Gasteiger partial charge is 0.493 e. The molecule has 33 heavy (non-hydrogen) atoms. The lowest BCUT2D eigenvalue weighted by atomic mass is 9.97. The quantitative estimate of drug-likeness (QED) is 0.463. The first-order valence-corrected chi connectivity index (χ1v) is 11.3. The van der Waals surface area contributed by atoms with Crippen LogP contribution in [0.5, 0.6) is 5.75 Å². The van der Waals surface area contributed by atoms with Crippen molar-refractivity contribution in [2.45, 2.75) is 44.3 Å². The number of benzene rings is 2.